The van der Waals surface area contributed by atoms with Gasteiger partial charge in [0.05, 0.1) is 11.9 Å². The lowest BCUT2D eigenvalue weighted by Crippen LogP contribution is -2.33. The van der Waals surface area contributed by atoms with Gasteiger partial charge in [0.25, 0.3) is 5.91 Å². The van der Waals surface area contributed by atoms with Crippen molar-refractivity contribution in [2.45, 2.75) is 63.1 Å². The number of anilines is 3. The normalized spacial score (nSPS) is 21.5. The Morgan fingerprint density at radius 1 is 1.03 bits per heavy atom. The maximum absolute atomic E-state index is 12.9. The molecule has 2 fully saturated rings. The number of hydrogen-bond donors (Lipinski definition) is 4. The zero-order chi connectivity index (χ0) is 21.2. The molecule has 0 bridgehead atoms. The zero-order valence-electron chi connectivity index (χ0n) is 17.4. The van der Waals surface area contributed by atoms with E-state index in [2.05, 4.69) is 25.9 Å². The van der Waals surface area contributed by atoms with Crippen molar-refractivity contribution in [2.24, 2.45) is 5.73 Å². The molecule has 0 unspecified atom stereocenters. The summed E-state index contributed by atoms with van der Waals surface area (Å²) in [6.45, 7) is 0. The van der Waals surface area contributed by atoms with Gasteiger partial charge in [0.2, 0.25) is 0 Å². The van der Waals surface area contributed by atoms with Gasteiger partial charge in [0.15, 0.2) is 11.3 Å². The molecule has 0 aromatic carbocycles. The molecule has 9 heteroatoms. The van der Waals surface area contributed by atoms with Crippen molar-refractivity contribution in [3.63, 3.8) is 0 Å². The molecule has 3 aromatic rings. The molecule has 2 aliphatic carbocycles. The number of carbonyl (C=O) groups is 1. The number of hydrogen-bond acceptors (Lipinski definition) is 7. The summed E-state index contributed by atoms with van der Waals surface area (Å²) in [6.07, 6.45) is 12.4. The molecule has 5 N–H and O–H groups in total. The molecule has 0 aliphatic heterocycles. The predicted octanol–water partition coefficient (Wildman–Crippen LogP) is 3.02. The van der Waals surface area contributed by atoms with E-state index in [1.807, 2.05) is 6.07 Å². The summed E-state index contributed by atoms with van der Waals surface area (Å²) >= 11 is 0. The maximum atomic E-state index is 12.9. The molecular weight excluding hydrogens is 392 g/mol. The maximum Gasteiger partial charge on any atom is 0.276 e. The van der Waals surface area contributed by atoms with Crippen LogP contribution in [0.5, 0.6) is 0 Å². The van der Waals surface area contributed by atoms with Crippen molar-refractivity contribution in [1.82, 2.24) is 19.6 Å². The number of carbonyl (C=O) groups excluding carboxylic acids is 1. The van der Waals surface area contributed by atoms with Gasteiger partial charge in [-0.2, -0.15) is 0 Å². The van der Waals surface area contributed by atoms with E-state index < -0.39 is 0 Å². The van der Waals surface area contributed by atoms with Gasteiger partial charge in [-0.3, -0.25) is 9.78 Å². The molecule has 1 amide bonds. The Bertz CT molecular complexity index is 1050. The van der Waals surface area contributed by atoms with E-state index in [4.69, 9.17) is 10.8 Å². The van der Waals surface area contributed by atoms with E-state index in [0.717, 1.165) is 50.0 Å². The van der Waals surface area contributed by atoms with Crippen LogP contribution in [-0.4, -0.2) is 43.6 Å². The summed E-state index contributed by atoms with van der Waals surface area (Å²) in [7, 11) is 0. The predicted molar refractivity (Wildman–Crippen MR) is 120 cm³/mol. The summed E-state index contributed by atoms with van der Waals surface area (Å²) < 4.78 is 1.63. The minimum Gasteiger partial charge on any atom is -0.379 e. The molecule has 5 rings (SSSR count). The fraction of sp³-hybridized carbons (Fsp3) is 0.455. The number of nitrogens with zero attached hydrogens (tertiary/aromatic N) is 4. The molecule has 31 heavy (non-hydrogen) atoms. The number of nitrogens with two attached hydrogens (primary N) is 1. The van der Waals surface area contributed by atoms with Gasteiger partial charge in [-0.15, -0.1) is 5.10 Å². The Morgan fingerprint density at radius 2 is 1.77 bits per heavy atom. The molecule has 2 aliphatic rings. The van der Waals surface area contributed by atoms with Crippen molar-refractivity contribution in [2.75, 3.05) is 16.0 Å². The van der Waals surface area contributed by atoms with Crippen molar-refractivity contribution in [1.29, 1.82) is 0 Å². The summed E-state index contributed by atoms with van der Waals surface area (Å²) in [4.78, 5) is 21.4. The number of rotatable bonds is 6. The Morgan fingerprint density at radius 3 is 2.48 bits per heavy atom. The Labute approximate surface area is 180 Å². The molecule has 3 heterocycles. The lowest BCUT2D eigenvalue weighted by atomic mass is 9.92. The lowest BCUT2D eigenvalue weighted by molar-refractivity contribution is 0.102. The molecule has 0 atom stereocenters. The van der Waals surface area contributed by atoms with E-state index in [1.54, 1.807) is 35.2 Å². The first-order valence-corrected chi connectivity index (χ1v) is 11.0. The number of amides is 1. The van der Waals surface area contributed by atoms with Crippen LogP contribution in [0.2, 0.25) is 0 Å². The van der Waals surface area contributed by atoms with E-state index >= 15 is 0 Å². The Hall–Kier alpha value is -3.20. The first kappa shape index (κ1) is 19.7. The quantitative estimate of drug-likeness (QED) is 0.483. The average Bonchev–Trinajstić information content (AvgIpc) is 3.17. The first-order valence-electron chi connectivity index (χ1n) is 11.0. The van der Waals surface area contributed by atoms with Crippen LogP contribution in [0.4, 0.5) is 17.2 Å². The molecule has 3 aromatic heterocycles. The third-order valence-electron chi connectivity index (χ3n) is 6.23. The van der Waals surface area contributed by atoms with Gasteiger partial charge < -0.3 is 21.7 Å². The second-order valence-corrected chi connectivity index (χ2v) is 8.54. The smallest absolute Gasteiger partial charge is 0.276 e. The summed E-state index contributed by atoms with van der Waals surface area (Å²) in [6, 6.07) is 6.58. The third kappa shape index (κ3) is 4.32. The highest BCUT2D eigenvalue weighted by molar-refractivity contribution is 6.03. The van der Waals surface area contributed by atoms with Crippen molar-refractivity contribution in [3.8, 4) is 0 Å². The largest absolute Gasteiger partial charge is 0.379 e. The van der Waals surface area contributed by atoms with Crippen LogP contribution in [-0.2, 0) is 0 Å². The topological polar surface area (TPSA) is 122 Å². The summed E-state index contributed by atoms with van der Waals surface area (Å²) in [5.41, 5.74) is 8.67. The summed E-state index contributed by atoms with van der Waals surface area (Å²) in [5, 5.41) is 14.8. The average molecular weight is 421 g/mol. The highest BCUT2D eigenvalue weighted by Gasteiger charge is 2.23. The minimum absolute atomic E-state index is 0.262. The molecule has 9 nitrogen and oxygen atoms in total. The van der Waals surface area contributed by atoms with Crippen LogP contribution >= 0.6 is 0 Å². The Balaban J connectivity index is 1.45. The number of imidazole rings is 1. The second kappa shape index (κ2) is 8.50. The lowest BCUT2D eigenvalue weighted by Gasteiger charge is -2.29. The van der Waals surface area contributed by atoms with Crippen LogP contribution < -0.4 is 21.7 Å². The summed E-state index contributed by atoms with van der Waals surface area (Å²) in [5.74, 6) is 0.479. The highest BCUT2D eigenvalue weighted by atomic mass is 16.2. The van der Waals surface area contributed by atoms with E-state index in [0.29, 0.717) is 35.2 Å². The highest BCUT2D eigenvalue weighted by Crippen LogP contribution is 2.28. The number of fused-ring (bicyclic) bond motifs is 1. The van der Waals surface area contributed by atoms with Crippen molar-refractivity contribution < 1.29 is 4.79 Å². The van der Waals surface area contributed by atoms with Gasteiger partial charge in [-0.05, 0) is 57.1 Å². The minimum atomic E-state index is -0.262. The van der Waals surface area contributed by atoms with Crippen molar-refractivity contribution >= 4 is 28.7 Å². The van der Waals surface area contributed by atoms with Gasteiger partial charge in [0, 0.05) is 42.3 Å². The van der Waals surface area contributed by atoms with Crippen LogP contribution in [0.25, 0.3) is 5.65 Å². The zero-order valence-corrected chi connectivity index (χ0v) is 17.4. The van der Waals surface area contributed by atoms with Crippen LogP contribution in [0.15, 0.2) is 36.8 Å². The standard InChI is InChI=1S/C22H28N8O/c23-14-4-6-16(7-5-14)27-20-12-18(26-15-2-1-3-15)21-25-13-19(30(21)29-20)22(31)28-17-8-10-24-11-9-17/h8-16,26H,1-7,23H2,(H,27,29)(H,24,28,31). The van der Waals surface area contributed by atoms with Crippen LogP contribution in [0.3, 0.4) is 0 Å². The van der Waals surface area contributed by atoms with E-state index in [9.17, 15) is 4.79 Å². The second-order valence-electron chi connectivity index (χ2n) is 8.54. The first-order chi connectivity index (χ1) is 15.2. The third-order valence-corrected chi connectivity index (χ3v) is 6.23. The molecular formula is C22H28N8O. The van der Waals surface area contributed by atoms with Gasteiger partial charge >= 0.3 is 0 Å². The van der Waals surface area contributed by atoms with Gasteiger partial charge in [0.1, 0.15) is 5.82 Å². The van der Waals surface area contributed by atoms with Crippen LogP contribution in [0.1, 0.15) is 55.4 Å². The molecule has 0 saturated heterocycles. The molecule has 0 radical (unpaired) electrons. The molecule has 162 valence electrons. The molecule has 2 saturated carbocycles. The number of nitrogens with one attached hydrogen (secondary N) is 3. The fourth-order valence-corrected chi connectivity index (χ4v) is 4.18. The fourth-order valence-electron chi connectivity index (χ4n) is 4.18. The van der Waals surface area contributed by atoms with E-state index in [1.165, 1.54) is 6.42 Å². The monoisotopic (exact) mass is 420 g/mol. The van der Waals surface area contributed by atoms with Crippen molar-refractivity contribution in [3.05, 3.63) is 42.5 Å². The Kier molecular flexibility index (Phi) is 5.42. The van der Waals surface area contributed by atoms with Crippen LogP contribution in [0, 0.1) is 0 Å². The van der Waals surface area contributed by atoms with Gasteiger partial charge in [-0.1, -0.05) is 0 Å². The van der Waals surface area contributed by atoms with E-state index in [-0.39, 0.29) is 5.91 Å². The molecule has 0 spiro atoms. The van der Waals surface area contributed by atoms with Gasteiger partial charge in [-0.25, -0.2) is 9.50 Å². The number of pyridine rings is 1. The number of aromatic nitrogens is 4. The SMILES string of the molecule is NC1CCC(Nc2cc(NC3CCC3)c3ncc(C(=O)Nc4ccncc4)n3n2)CC1.